The first kappa shape index (κ1) is 15.7. The Labute approximate surface area is 134 Å². The minimum atomic E-state index is 0.00648. The molecule has 0 radical (unpaired) electrons. The molecule has 0 aromatic rings. The minimum Gasteiger partial charge on any atom is -0.338 e. The van der Waals surface area contributed by atoms with Crippen molar-refractivity contribution in [1.82, 2.24) is 9.80 Å². The zero-order chi connectivity index (χ0) is 14.7. The van der Waals surface area contributed by atoms with Crippen molar-refractivity contribution in [1.29, 1.82) is 0 Å². The first-order valence-corrected chi connectivity index (χ1v) is 8.70. The quantitative estimate of drug-likeness (QED) is 0.433. The van der Waals surface area contributed by atoms with E-state index in [0.717, 1.165) is 29.3 Å². The molecule has 0 aliphatic carbocycles. The van der Waals surface area contributed by atoms with Crippen LogP contribution in [0.1, 0.15) is 26.7 Å². The van der Waals surface area contributed by atoms with E-state index in [9.17, 15) is 4.79 Å². The summed E-state index contributed by atoms with van der Waals surface area (Å²) in [5.74, 6) is 0.00648. The topological polar surface area (TPSA) is 23.6 Å². The Morgan fingerprint density at radius 3 is 2.85 bits per heavy atom. The lowest BCUT2D eigenvalue weighted by molar-refractivity contribution is -0.121. The van der Waals surface area contributed by atoms with E-state index < -0.39 is 0 Å². The lowest BCUT2D eigenvalue weighted by atomic mass is 10.3. The zero-order valence-electron chi connectivity index (χ0n) is 11.7. The maximum absolute atomic E-state index is 12.5. The second kappa shape index (κ2) is 6.83. The molecule has 108 valence electrons. The number of thioether (sulfide) groups is 2. The molecule has 3 nitrogen and oxygen atoms in total. The lowest BCUT2D eigenvalue weighted by Gasteiger charge is -2.22. The zero-order valence-corrected chi connectivity index (χ0v) is 14.2. The molecule has 1 saturated heterocycles. The first-order chi connectivity index (χ1) is 9.60. The SMILES string of the molecule is C=CCN1C(=O)/C(=C2\SC=C(C)N2CCCC)SC1=S. The molecule has 0 unspecified atom stereocenters. The van der Waals surface area contributed by atoms with Gasteiger partial charge in [-0.25, -0.2) is 0 Å². The number of rotatable bonds is 5. The van der Waals surface area contributed by atoms with Gasteiger partial charge in [-0.1, -0.05) is 55.2 Å². The Balaban J connectivity index is 2.26. The molecule has 0 saturated carbocycles. The van der Waals surface area contributed by atoms with Gasteiger partial charge in [-0.3, -0.25) is 9.69 Å². The van der Waals surface area contributed by atoms with Gasteiger partial charge in [0.1, 0.15) is 9.23 Å². The van der Waals surface area contributed by atoms with E-state index in [4.69, 9.17) is 12.2 Å². The molecule has 2 aliphatic rings. The molecule has 0 aromatic carbocycles. The van der Waals surface area contributed by atoms with Gasteiger partial charge >= 0.3 is 0 Å². The molecule has 6 heteroatoms. The number of carbonyl (C=O) groups is 1. The van der Waals surface area contributed by atoms with Crippen LogP contribution in [-0.4, -0.2) is 33.1 Å². The van der Waals surface area contributed by atoms with E-state index in [0.29, 0.717) is 10.9 Å². The highest BCUT2D eigenvalue weighted by atomic mass is 32.2. The molecule has 0 bridgehead atoms. The molecule has 0 atom stereocenters. The Hall–Kier alpha value is -0.720. The molecule has 2 rings (SSSR count). The van der Waals surface area contributed by atoms with Crippen LogP contribution in [0.2, 0.25) is 0 Å². The fourth-order valence-corrected chi connectivity index (χ4v) is 4.49. The molecule has 0 aromatic heterocycles. The van der Waals surface area contributed by atoms with E-state index in [-0.39, 0.29) is 5.91 Å². The monoisotopic (exact) mass is 326 g/mol. The maximum Gasteiger partial charge on any atom is 0.269 e. The maximum atomic E-state index is 12.5. The van der Waals surface area contributed by atoms with Crippen molar-refractivity contribution in [3.63, 3.8) is 0 Å². The van der Waals surface area contributed by atoms with Crippen LogP contribution in [0.5, 0.6) is 0 Å². The highest BCUT2D eigenvalue weighted by Gasteiger charge is 2.36. The Morgan fingerprint density at radius 1 is 1.45 bits per heavy atom. The van der Waals surface area contributed by atoms with Gasteiger partial charge in [0.05, 0.1) is 5.03 Å². The Kier molecular flexibility index (Phi) is 5.35. The highest BCUT2D eigenvalue weighted by molar-refractivity contribution is 8.27. The van der Waals surface area contributed by atoms with Crippen molar-refractivity contribution in [2.45, 2.75) is 26.7 Å². The summed E-state index contributed by atoms with van der Waals surface area (Å²) in [4.78, 5) is 17.1. The third-order valence-corrected chi connectivity index (χ3v) is 5.78. The third kappa shape index (κ3) is 2.97. The van der Waals surface area contributed by atoms with Gasteiger partial charge in [0.2, 0.25) is 0 Å². The van der Waals surface area contributed by atoms with Crippen LogP contribution in [-0.2, 0) is 4.79 Å². The molecular formula is C14H18N2OS3. The van der Waals surface area contributed by atoms with Gasteiger partial charge in [-0.2, -0.15) is 0 Å². The van der Waals surface area contributed by atoms with Crippen LogP contribution in [0.4, 0.5) is 0 Å². The fourth-order valence-electron chi connectivity index (χ4n) is 2.01. The van der Waals surface area contributed by atoms with Crippen molar-refractivity contribution >= 4 is 46.0 Å². The summed E-state index contributed by atoms with van der Waals surface area (Å²) in [5, 5.41) is 3.13. The molecule has 1 amide bonds. The average Bonchev–Trinajstić information content (AvgIpc) is 2.91. The molecule has 1 fully saturated rings. The van der Waals surface area contributed by atoms with E-state index in [1.165, 1.54) is 17.5 Å². The van der Waals surface area contributed by atoms with E-state index in [2.05, 4.69) is 30.7 Å². The number of thiocarbonyl (C=S) groups is 1. The Bertz CT molecular complexity index is 511. The fraction of sp³-hybridized carbons (Fsp3) is 0.429. The van der Waals surface area contributed by atoms with Gasteiger partial charge in [0.15, 0.2) is 0 Å². The van der Waals surface area contributed by atoms with Crippen molar-refractivity contribution in [2.75, 3.05) is 13.1 Å². The van der Waals surface area contributed by atoms with Gasteiger partial charge in [-0.15, -0.1) is 6.58 Å². The third-order valence-electron chi connectivity index (χ3n) is 3.10. The van der Waals surface area contributed by atoms with Crippen molar-refractivity contribution in [3.05, 3.63) is 33.7 Å². The lowest BCUT2D eigenvalue weighted by Crippen LogP contribution is -2.29. The van der Waals surface area contributed by atoms with Crippen LogP contribution in [0.25, 0.3) is 0 Å². The molecule has 20 heavy (non-hydrogen) atoms. The summed E-state index contributed by atoms with van der Waals surface area (Å²) >= 11 is 8.32. The number of hydrogen-bond donors (Lipinski definition) is 0. The summed E-state index contributed by atoms with van der Waals surface area (Å²) in [6.07, 6.45) is 3.96. The number of hydrogen-bond acceptors (Lipinski definition) is 5. The minimum absolute atomic E-state index is 0.00648. The predicted octanol–water partition coefficient (Wildman–Crippen LogP) is 3.91. The van der Waals surface area contributed by atoms with Crippen molar-refractivity contribution < 1.29 is 4.79 Å². The van der Waals surface area contributed by atoms with Crippen LogP contribution >= 0.6 is 35.7 Å². The second-order valence-electron chi connectivity index (χ2n) is 4.59. The summed E-state index contributed by atoms with van der Waals surface area (Å²) in [6, 6.07) is 0. The largest absolute Gasteiger partial charge is 0.338 e. The standard InChI is InChI=1S/C14H18N2OS3/c1-4-6-8-15-10(3)9-19-13(15)11-12(17)16(7-5-2)14(18)20-11/h5,9H,2,4,6-8H2,1,3H3/b13-11+. The van der Waals surface area contributed by atoms with Gasteiger partial charge in [-0.05, 0) is 18.8 Å². The number of amides is 1. The number of allylic oxidation sites excluding steroid dienone is 1. The second-order valence-corrected chi connectivity index (χ2v) is 7.09. The molecule has 2 heterocycles. The molecular weight excluding hydrogens is 308 g/mol. The first-order valence-electron chi connectivity index (χ1n) is 6.60. The van der Waals surface area contributed by atoms with Crippen LogP contribution < -0.4 is 0 Å². The van der Waals surface area contributed by atoms with Crippen molar-refractivity contribution in [3.8, 4) is 0 Å². The van der Waals surface area contributed by atoms with E-state index in [1.54, 1.807) is 22.7 Å². The Morgan fingerprint density at radius 2 is 2.20 bits per heavy atom. The summed E-state index contributed by atoms with van der Waals surface area (Å²) < 4.78 is 0.623. The predicted molar refractivity (Wildman–Crippen MR) is 92.1 cm³/mol. The normalized spacial score (nSPS) is 22.8. The van der Waals surface area contributed by atoms with Gasteiger partial charge < -0.3 is 4.90 Å². The van der Waals surface area contributed by atoms with Crippen LogP contribution in [0, 0.1) is 0 Å². The average molecular weight is 327 g/mol. The van der Waals surface area contributed by atoms with Gasteiger partial charge in [0.25, 0.3) is 5.91 Å². The summed E-state index contributed by atoms with van der Waals surface area (Å²) in [6.45, 7) is 9.36. The molecule has 0 spiro atoms. The van der Waals surface area contributed by atoms with E-state index >= 15 is 0 Å². The number of nitrogens with zero attached hydrogens (tertiary/aromatic N) is 2. The van der Waals surface area contributed by atoms with Gasteiger partial charge in [0, 0.05) is 18.8 Å². The van der Waals surface area contributed by atoms with E-state index in [1.807, 2.05) is 0 Å². The van der Waals surface area contributed by atoms with Crippen molar-refractivity contribution in [2.24, 2.45) is 0 Å². The summed E-state index contributed by atoms with van der Waals surface area (Å²) in [7, 11) is 0. The van der Waals surface area contributed by atoms with Crippen LogP contribution in [0.3, 0.4) is 0 Å². The number of unbranched alkanes of at least 4 members (excludes halogenated alkanes) is 1. The number of carbonyl (C=O) groups excluding carboxylic acids is 1. The molecule has 2 aliphatic heterocycles. The highest BCUT2D eigenvalue weighted by Crippen LogP contribution is 2.43. The van der Waals surface area contributed by atoms with Crippen LogP contribution in [0.15, 0.2) is 33.7 Å². The molecule has 0 N–H and O–H groups in total. The summed E-state index contributed by atoms with van der Waals surface area (Å²) in [5.41, 5.74) is 1.20. The smallest absolute Gasteiger partial charge is 0.269 e.